The molecular formula is C24H30N4O4. The number of H-pyrrole nitrogens is 1. The van der Waals surface area contributed by atoms with Crippen LogP contribution < -0.4 is 16.6 Å². The van der Waals surface area contributed by atoms with Crippen molar-refractivity contribution in [3.63, 3.8) is 0 Å². The van der Waals surface area contributed by atoms with Gasteiger partial charge in [-0.15, -0.1) is 0 Å². The molecule has 3 aromatic rings. The van der Waals surface area contributed by atoms with E-state index in [9.17, 15) is 14.4 Å². The van der Waals surface area contributed by atoms with Crippen LogP contribution >= 0.6 is 0 Å². The molecule has 0 atom stereocenters. The fourth-order valence-electron chi connectivity index (χ4n) is 3.50. The molecule has 0 fully saturated rings. The Hall–Kier alpha value is -3.26. The Kier molecular flexibility index (Phi) is 7.25. The van der Waals surface area contributed by atoms with Crippen LogP contribution in [0.2, 0.25) is 0 Å². The number of hydrogen-bond acceptors (Lipinski definition) is 5. The highest BCUT2D eigenvalue weighted by Gasteiger charge is 2.20. The number of methoxy groups -OCH3 is 1. The number of amides is 1. The van der Waals surface area contributed by atoms with Gasteiger partial charge in [0.25, 0.3) is 11.5 Å². The van der Waals surface area contributed by atoms with E-state index in [0.717, 1.165) is 11.1 Å². The summed E-state index contributed by atoms with van der Waals surface area (Å²) in [6, 6.07) is 9.37. The van der Waals surface area contributed by atoms with Crippen molar-refractivity contribution in [3.05, 3.63) is 73.6 Å². The molecule has 0 aliphatic carbocycles. The fraction of sp³-hybridized carbons (Fsp3) is 0.417. The van der Waals surface area contributed by atoms with Crippen molar-refractivity contribution in [2.24, 2.45) is 5.92 Å². The smallest absolute Gasteiger partial charge is 0.330 e. The van der Waals surface area contributed by atoms with Gasteiger partial charge in [0.1, 0.15) is 0 Å². The normalized spacial score (nSPS) is 11.5. The highest BCUT2D eigenvalue weighted by Crippen LogP contribution is 2.20. The molecule has 2 N–H and O–H groups in total. The summed E-state index contributed by atoms with van der Waals surface area (Å²) >= 11 is 0. The van der Waals surface area contributed by atoms with E-state index >= 15 is 0 Å². The van der Waals surface area contributed by atoms with Gasteiger partial charge in [-0.05, 0) is 29.0 Å². The summed E-state index contributed by atoms with van der Waals surface area (Å²) in [6.07, 6.45) is 0. The van der Waals surface area contributed by atoms with Crippen molar-refractivity contribution >= 4 is 16.9 Å². The summed E-state index contributed by atoms with van der Waals surface area (Å²) in [5.41, 5.74) is 1.94. The molecule has 170 valence electrons. The van der Waals surface area contributed by atoms with E-state index in [0.29, 0.717) is 25.4 Å². The van der Waals surface area contributed by atoms with Crippen LogP contribution in [0.3, 0.4) is 0 Å². The average Bonchev–Trinajstić information content (AvgIpc) is 2.75. The van der Waals surface area contributed by atoms with E-state index in [1.54, 1.807) is 13.2 Å². The van der Waals surface area contributed by atoms with Crippen molar-refractivity contribution < 1.29 is 9.53 Å². The maximum atomic E-state index is 13.1. The lowest BCUT2D eigenvalue weighted by molar-refractivity contribution is 0.0952. The second kappa shape index (κ2) is 9.91. The standard InChI is InChI=1S/C24H30N4O4/c1-14(2)12-28-21-20(23(30)27-24(28)31)18(10-19(26-21)15(3)4)22(29)25-11-16-6-8-17(9-7-16)13-32-5/h6-10,14-15H,11-13H2,1-5H3,(H,25,29)(H,27,30,31). The quantitative estimate of drug-likeness (QED) is 0.562. The van der Waals surface area contributed by atoms with Gasteiger partial charge in [-0.1, -0.05) is 52.0 Å². The SMILES string of the molecule is COCc1ccc(CNC(=O)c2cc(C(C)C)nc3c2c(=O)[nH]c(=O)n3CC(C)C)cc1. The molecule has 0 unspecified atom stereocenters. The van der Waals surface area contributed by atoms with Gasteiger partial charge in [0, 0.05) is 25.9 Å². The van der Waals surface area contributed by atoms with Gasteiger partial charge >= 0.3 is 5.69 Å². The highest BCUT2D eigenvalue weighted by atomic mass is 16.5. The Morgan fingerprint density at radius 2 is 1.78 bits per heavy atom. The minimum absolute atomic E-state index is 0.0150. The van der Waals surface area contributed by atoms with Gasteiger partial charge in [0.2, 0.25) is 0 Å². The molecule has 0 aliphatic heterocycles. The second-order valence-electron chi connectivity index (χ2n) is 8.64. The van der Waals surface area contributed by atoms with Crippen molar-refractivity contribution in [2.45, 2.75) is 53.3 Å². The molecule has 0 aliphatic rings. The molecule has 0 spiro atoms. The minimum atomic E-state index is -0.609. The molecule has 2 heterocycles. The Morgan fingerprint density at radius 1 is 1.12 bits per heavy atom. The van der Waals surface area contributed by atoms with Gasteiger partial charge in [-0.2, -0.15) is 0 Å². The lowest BCUT2D eigenvalue weighted by Gasteiger charge is -2.16. The summed E-state index contributed by atoms with van der Waals surface area (Å²) < 4.78 is 6.56. The number of hydrogen-bond donors (Lipinski definition) is 2. The van der Waals surface area contributed by atoms with E-state index < -0.39 is 11.2 Å². The van der Waals surface area contributed by atoms with Gasteiger partial charge in [0.15, 0.2) is 5.65 Å². The van der Waals surface area contributed by atoms with Crippen molar-refractivity contribution in [1.29, 1.82) is 0 Å². The zero-order chi connectivity index (χ0) is 23.4. The lowest BCUT2D eigenvalue weighted by atomic mass is 10.0. The second-order valence-corrected chi connectivity index (χ2v) is 8.64. The van der Waals surface area contributed by atoms with Crippen LogP contribution in [0.5, 0.6) is 0 Å². The largest absolute Gasteiger partial charge is 0.380 e. The predicted molar refractivity (Wildman–Crippen MR) is 124 cm³/mol. The van der Waals surface area contributed by atoms with Crippen LogP contribution in [0.15, 0.2) is 39.9 Å². The van der Waals surface area contributed by atoms with E-state index in [1.807, 2.05) is 52.0 Å². The number of nitrogens with zero attached hydrogens (tertiary/aromatic N) is 2. The molecule has 2 aromatic heterocycles. The van der Waals surface area contributed by atoms with Crippen LogP contribution in [0.1, 0.15) is 60.8 Å². The van der Waals surface area contributed by atoms with Crippen LogP contribution in [0.4, 0.5) is 0 Å². The highest BCUT2D eigenvalue weighted by molar-refractivity contribution is 6.05. The first-order valence-corrected chi connectivity index (χ1v) is 10.7. The third-order valence-electron chi connectivity index (χ3n) is 5.14. The maximum Gasteiger partial charge on any atom is 0.330 e. The number of carbonyl (C=O) groups excluding carboxylic acids is 1. The number of benzene rings is 1. The van der Waals surface area contributed by atoms with Gasteiger partial charge < -0.3 is 10.1 Å². The third-order valence-corrected chi connectivity index (χ3v) is 5.14. The number of aromatic amines is 1. The van der Waals surface area contributed by atoms with Crippen molar-refractivity contribution in [3.8, 4) is 0 Å². The maximum absolute atomic E-state index is 13.1. The van der Waals surface area contributed by atoms with Gasteiger partial charge in [-0.3, -0.25) is 19.1 Å². The summed E-state index contributed by atoms with van der Waals surface area (Å²) in [6.45, 7) is 9.06. The third kappa shape index (κ3) is 5.13. The molecule has 32 heavy (non-hydrogen) atoms. The molecular weight excluding hydrogens is 408 g/mol. The monoisotopic (exact) mass is 438 g/mol. The Balaban J connectivity index is 2.03. The van der Waals surface area contributed by atoms with Crippen LogP contribution in [0.25, 0.3) is 11.0 Å². The molecule has 0 radical (unpaired) electrons. The van der Waals surface area contributed by atoms with E-state index in [2.05, 4.69) is 15.3 Å². The molecule has 0 saturated carbocycles. The molecule has 0 bridgehead atoms. The summed E-state index contributed by atoms with van der Waals surface area (Å²) in [5.74, 6) is -0.216. The number of ether oxygens (including phenoxy) is 1. The zero-order valence-corrected chi connectivity index (χ0v) is 19.2. The Morgan fingerprint density at radius 3 is 2.38 bits per heavy atom. The summed E-state index contributed by atoms with van der Waals surface area (Å²) in [4.78, 5) is 45.3. The molecule has 0 saturated heterocycles. The van der Waals surface area contributed by atoms with Crippen LogP contribution in [0, 0.1) is 5.92 Å². The Bertz CT molecular complexity index is 1220. The minimum Gasteiger partial charge on any atom is -0.380 e. The van der Waals surface area contributed by atoms with Gasteiger partial charge in [-0.25, -0.2) is 9.78 Å². The number of fused-ring (bicyclic) bond motifs is 1. The Labute approximate surface area is 186 Å². The number of nitrogens with one attached hydrogen (secondary N) is 2. The molecule has 3 rings (SSSR count). The topological polar surface area (TPSA) is 106 Å². The summed E-state index contributed by atoms with van der Waals surface area (Å²) in [7, 11) is 1.64. The lowest BCUT2D eigenvalue weighted by Crippen LogP contribution is -2.34. The van der Waals surface area contributed by atoms with Crippen LogP contribution in [-0.2, 0) is 24.4 Å². The molecule has 1 aromatic carbocycles. The first kappa shape index (κ1) is 23.4. The number of aromatic nitrogens is 3. The predicted octanol–water partition coefficient (Wildman–Crippen LogP) is 2.94. The zero-order valence-electron chi connectivity index (χ0n) is 19.2. The van der Waals surface area contributed by atoms with E-state index in [4.69, 9.17) is 4.74 Å². The van der Waals surface area contributed by atoms with Crippen molar-refractivity contribution in [1.82, 2.24) is 19.9 Å². The van der Waals surface area contributed by atoms with E-state index in [1.165, 1.54) is 4.57 Å². The fourth-order valence-corrected chi connectivity index (χ4v) is 3.50. The number of pyridine rings is 1. The first-order valence-electron chi connectivity index (χ1n) is 10.7. The average molecular weight is 439 g/mol. The molecule has 1 amide bonds. The van der Waals surface area contributed by atoms with Crippen LogP contribution in [-0.4, -0.2) is 27.6 Å². The van der Waals surface area contributed by atoms with E-state index in [-0.39, 0.29) is 34.3 Å². The summed E-state index contributed by atoms with van der Waals surface area (Å²) in [5, 5.41) is 3.02. The molecule has 8 heteroatoms. The molecule has 8 nitrogen and oxygen atoms in total. The van der Waals surface area contributed by atoms with Crippen molar-refractivity contribution in [2.75, 3.05) is 7.11 Å². The van der Waals surface area contributed by atoms with Gasteiger partial charge in [0.05, 0.1) is 17.6 Å². The number of carbonyl (C=O) groups is 1. The number of rotatable bonds is 8. The first-order chi connectivity index (χ1) is 15.2.